The summed E-state index contributed by atoms with van der Waals surface area (Å²) in [7, 11) is 0. The number of anilines is 3. The highest BCUT2D eigenvalue weighted by atomic mass is 16.2. The Kier molecular flexibility index (Phi) is 5.14. The van der Waals surface area contributed by atoms with Gasteiger partial charge in [-0.2, -0.15) is 0 Å². The van der Waals surface area contributed by atoms with Gasteiger partial charge in [-0.3, -0.25) is 20.3 Å². The maximum Gasteiger partial charge on any atom is 0.269 e. The molecule has 0 unspecified atom stereocenters. The first kappa shape index (κ1) is 20.1. The topological polar surface area (TPSA) is 135 Å². The van der Waals surface area contributed by atoms with Gasteiger partial charge in [-0.1, -0.05) is 6.08 Å². The van der Waals surface area contributed by atoms with E-state index in [1.165, 1.54) is 0 Å². The van der Waals surface area contributed by atoms with Gasteiger partial charge in [0, 0.05) is 33.7 Å². The lowest BCUT2D eigenvalue weighted by molar-refractivity contribution is -0.120. The number of aryl methyl sites for hydroxylation is 1. The lowest BCUT2D eigenvalue weighted by Crippen LogP contribution is -2.59. The number of amides is 2. The van der Waals surface area contributed by atoms with E-state index >= 15 is 0 Å². The second-order valence-corrected chi connectivity index (χ2v) is 7.30. The lowest BCUT2D eigenvalue weighted by atomic mass is 10.1. The van der Waals surface area contributed by atoms with Gasteiger partial charge in [-0.05, 0) is 73.8 Å². The van der Waals surface area contributed by atoms with Crippen LogP contribution in [0, 0.1) is 6.92 Å². The number of nitrogens with zero attached hydrogens (tertiary/aromatic N) is 1. The van der Waals surface area contributed by atoms with E-state index in [0.717, 1.165) is 16.6 Å². The third kappa shape index (κ3) is 4.24. The van der Waals surface area contributed by atoms with Crippen LogP contribution in [0.3, 0.4) is 0 Å². The summed E-state index contributed by atoms with van der Waals surface area (Å²) in [4.78, 5) is 29.5. The number of nitrogens with two attached hydrogens (primary N) is 2. The Hall–Kier alpha value is -4.17. The van der Waals surface area contributed by atoms with Crippen molar-refractivity contribution in [3.8, 4) is 0 Å². The summed E-state index contributed by atoms with van der Waals surface area (Å²) in [5.74, 6) is -0.676. The molecule has 7 N–H and O–H groups in total. The minimum absolute atomic E-state index is 0.275. The van der Waals surface area contributed by atoms with Crippen molar-refractivity contribution < 1.29 is 9.59 Å². The molecule has 0 saturated heterocycles. The van der Waals surface area contributed by atoms with Gasteiger partial charge in [-0.25, -0.2) is 0 Å². The van der Waals surface area contributed by atoms with Crippen LogP contribution in [0.5, 0.6) is 0 Å². The Balaban J connectivity index is 1.45. The third-order valence-corrected chi connectivity index (χ3v) is 4.90. The summed E-state index contributed by atoms with van der Waals surface area (Å²) in [5, 5.41) is 9.13. The number of aromatic nitrogens is 1. The fraction of sp³-hybridized carbons (Fsp3) is 0.0870. The summed E-state index contributed by atoms with van der Waals surface area (Å²) < 4.78 is 0. The van der Waals surface area contributed by atoms with Gasteiger partial charge in [0.1, 0.15) is 0 Å². The number of carbonyl (C=O) groups excluding carboxylic acids is 2. The number of hydrogen-bond donors (Lipinski definition) is 5. The Labute approximate surface area is 179 Å². The Bertz CT molecular complexity index is 1230. The normalized spacial score (nSPS) is 17.2. The predicted octanol–water partition coefficient (Wildman–Crippen LogP) is 2.64. The van der Waals surface area contributed by atoms with E-state index in [2.05, 4.69) is 20.9 Å². The van der Waals surface area contributed by atoms with E-state index in [-0.39, 0.29) is 5.91 Å². The van der Waals surface area contributed by atoms with Crippen LogP contribution >= 0.6 is 0 Å². The van der Waals surface area contributed by atoms with Gasteiger partial charge in [0.2, 0.25) is 0 Å². The zero-order valence-corrected chi connectivity index (χ0v) is 16.8. The summed E-state index contributed by atoms with van der Waals surface area (Å²) in [6.07, 6.45) is 6.63. The van der Waals surface area contributed by atoms with Gasteiger partial charge in [0.15, 0.2) is 5.66 Å². The SMILES string of the molecule is Cc1cc(N)c2cc(C(=O)Nc3ccc(NC(=O)[C@]4(N)C=CC=CN4)cc3)ccc2n1. The zero-order chi connectivity index (χ0) is 22.0. The zero-order valence-electron chi connectivity index (χ0n) is 16.8. The van der Waals surface area contributed by atoms with Gasteiger partial charge in [-0.15, -0.1) is 0 Å². The average molecular weight is 414 g/mol. The molecule has 1 aliphatic rings. The lowest BCUT2D eigenvalue weighted by Gasteiger charge is -2.26. The number of benzene rings is 2. The second-order valence-electron chi connectivity index (χ2n) is 7.30. The molecule has 1 atom stereocenters. The molecule has 1 aliphatic heterocycles. The van der Waals surface area contributed by atoms with Gasteiger partial charge in [0.05, 0.1) is 5.52 Å². The maximum atomic E-state index is 12.7. The molecule has 1 aromatic heterocycles. The number of pyridine rings is 1. The van der Waals surface area contributed by atoms with Crippen LogP contribution in [0.25, 0.3) is 10.9 Å². The molecule has 0 spiro atoms. The molecule has 0 aliphatic carbocycles. The highest BCUT2D eigenvalue weighted by Crippen LogP contribution is 2.23. The Morgan fingerprint density at radius 1 is 1.00 bits per heavy atom. The fourth-order valence-corrected chi connectivity index (χ4v) is 3.24. The van der Waals surface area contributed by atoms with E-state index in [4.69, 9.17) is 11.5 Å². The monoisotopic (exact) mass is 414 g/mol. The molecule has 2 amide bonds. The number of fused-ring (bicyclic) bond motifs is 1. The molecule has 0 fully saturated rings. The number of nitrogen functional groups attached to an aromatic ring is 1. The smallest absolute Gasteiger partial charge is 0.269 e. The average Bonchev–Trinajstić information content (AvgIpc) is 2.75. The molecule has 0 saturated carbocycles. The molecule has 3 aromatic rings. The first-order valence-corrected chi connectivity index (χ1v) is 9.65. The minimum atomic E-state index is -1.31. The minimum Gasteiger partial charge on any atom is -0.398 e. The molecule has 31 heavy (non-hydrogen) atoms. The van der Waals surface area contributed by atoms with Crippen molar-refractivity contribution >= 4 is 39.8 Å². The predicted molar refractivity (Wildman–Crippen MR) is 122 cm³/mol. The molecule has 156 valence electrons. The molecule has 8 nitrogen and oxygen atoms in total. The van der Waals surface area contributed by atoms with E-state index < -0.39 is 11.6 Å². The van der Waals surface area contributed by atoms with Crippen LogP contribution in [0.2, 0.25) is 0 Å². The number of rotatable bonds is 4. The van der Waals surface area contributed by atoms with Crippen molar-refractivity contribution in [2.45, 2.75) is 12.6 Å². The standard InChI is InChI=1S/C23H22N6O2/c1-14-12-19(24)18-13-15(4-9-20(18)27-14)21(30)28-16-5-7-17(8-6-16)29-22(31)23(25)10-2-3-11-26-23/h2-13,26H,25H2,1H3,(H2,24,27)(H,28,30)(H,29,31)/t23-/m0/s1. The van der Waals surface area contributed by atoms with Crippen LogP contribution in [-0.4, -0.2) is 22.5 Å². The second kappa shape index (κ2) is 7.92. The van der Waals surface area contributed by atoms with Crippen LogP contribution < -0.4 is 27.4 Å². The molecular weight excluding hydrogens is 392 g/mol. The first-order chi connectivity index (χ1) is 14.8. The summed E-state index contributed by atoms with van der Waals surface area (Å²) in [6, 6.07) is 13.7. The van der Waals surface area contributed by atoms with Crippen LogP contribution in [0.1, 0.15) is 16.1 Å². The molecule has 2 aromatic carbocycles. The highest BCUT2D eigenvalue weighted by molar-refractivity contribution is 6.07. The maximum absolute atomic E-state index is 12.7. The molecule has 0 bridgehead atoms. The van der Waals surface area contributed by atoms with E-state index in [9.17, 15) is 9.59 Å². The van der Waals surface area contributed by atoms with Crippen molar-refractivity contribution in [2.75, 3.05) is 16.4 Å². The van der Waals surface area contributed by atoms with Gasteiger partial charge < -0.3 is 21.7 Å². The van der Waals surface area contributed by atoms with Gasteiger partial charge >= 0.3 is 0 Å². The number of dihydropyridines is 1. The largest absolute Gasteiger partial charge is 0.398 e. The fourth-order valence-electron chi connectivity index (χ4n) is 3.24. The highest BCUT2D eigenvalue weighted by Gasteiger charge is 2.30. The van der Waals surface area contributed by atoms with Crippen LogP contribution in [0.15, 0.2) is 73.0 Å². The Morgan fingerprint density at radius 2 is 1.71 bits per heavy atom. The van der Waals surface area contributed by atoms with Crippen molar-refractivity contribution in [2.24, 2.45) is 5.73 Å². The molecule has 8 heteroatoms. The molecule has 4 rings (SSSR count). The van der Waals surface area contributed by atoms with Crippen molar-refractivity contribution in [3.05, 3.63) is 84.2 Å². The summed E-state index contributed by atoms with van der Waals surface area (Å²) >= 11 is 0. The van der Waals surface area contributed by atoms with E-state index in [1.807, 2.05) is 6.92 Å². The quantitative estimate of drug-likeness (QED) is 0.445. The Morgan fingerprint density at radius 3 is 2.39 bits per heavy atom. The van der Waals surface area contributed by atoms with Crippen LogP contribution in [-0.2, 0) is 4.79 Å². The summed E-state index contributed by atoms with van der Waals surface area (Å²) in [5.41, 5.74) is 14.5. The van der Waals surface area contributed by atoms with Gasteiger partial charge in [0.25, 0.3) is 11.8 Å². The van der Waals surface area contributed by atoms with Crippen molar-refractivity contribution in [1.29, 1.82) is 0 Å². The van der Waals surface area contributed by atoms with Crippen LogP contribution in [0.4, 0.5) is 17.1 Å². The summed E-state index contributed by atoms with van der Waals surface area (Å²) in [6.45, 7) is 1.87. The first-order valence-electron chi connectivity index (χ1n) is 9.65. The molecule has 0 radical (unpaired) electrons. The third-order valence-electron chi connectivity index (χ3n) is 4.90. The number of carbonyl (C=O) groups is 2. The van der Waals surface area contributed by atoms with E-state index in [1.54, 1.807) is 73.0 Å². The molecule has 2 heterocycles. The number of hydrogen-bond acceptors (Lipinski definition) is 6. The van der Waals surface area contributed by atoms with Crippen molar-refractivity contribution in [1.82, 2.24) is 10.3 Å². The molecular formula is C23H22N6O2. The number of nitrogens with one attached hydrogen (secondary N) is 3. The van der Waals surface area contributed by atoms with Crippen molar-refractivity contribution in [3.63, 3.8) is 0 Å². The number of allylic oxidation sites excluding steroid dienone is 2. The van der Waals surface area contributed by atoms with E-state index in [0.29, 0.717) is 22.6 Å².